The van der Waals surface area contributed by atoms with E-state index in [4.69, 9.17) is 4.52 Å². The van der Waals surface area contributed by atoms with Crippen molar-refractivity contribution in [3.05, 3.63) is 0 Å². The zero-order chi connectivity index (χ0) is 10.6. The molecule has 1 saturated carbocycles. The summed E-state index contributed by atoms with van der Waals surface area (Å²) in [6, 6.07) is 0. The summed E-state index contributed by atoms with van der Waals surface area (Å²) >= 11 is 0. The van der Waals surface area contributed by atoms with Crippen molar-refractivity contribution in [3.8, 4) is 0 Å². The van der Waals surface area contributed by atoms with Crippen LogP contribution >= 0.6 is 8.69 Å². The smallest absolute Gasteiger partial charge is 0.296 e. The van der Waals surface area contributed by atoms with Crippen LogP contribution in [0.2, 0.25) is 0 Å². The first-order valence-electron chi connectivity index (χ1n) is 5.13. The molecule has 0 bridgehead atoms. The lowest BCUT2D eigenvalue weighted by Gasteiger charge is -2.27. The van der Waals surface area contributed by atoms with Gasteiger partial charge in [0.15, 0.2) is 5.78 Å². The van der Waals surface area contributed by atoms with Crippen molar-refractivity contribution >= 4 is 14.5 Å². The van der Waals surface area contributed by atoms with Crippen LogP contribution in [0.5, 0.6) is 0 Å². The number of rotatable bonds is 4. The number of ketones is 1. The molecule has 1 aliphatic carbocycles. The molecule has 4 heteroatoms. The van der Waals surface area contributed by atoms with E-state index in [9.17, 15) is 9.36 Å². The minimum absolute atomic E-state index is 0.0977. The van der Waals surface area contributed by atoms with Crippen LogP contribution in [-0.2, 0) is 13.9 Å². The van der Waals surface area contributed by atoms with Crippen molar-refractivity contribution < 1.29 is 13.9 Å². The third-order valence-corrected chi connectivity index (χ3v) is 3.37. The maximum atomic E-state index is 11.9. The van der Waals surface area contributed by atoms with Gasteiger partial charge in [-0.1, -0.05) is 19.3 Å². The summed E-state index contributed by atoms with van der Waals surface area (Å²) in [5, 5.41) is 0. The fourth-order valence-corrected chi connectivity index (χ4v) is 2.27. The van der Waals surface area contributed by atoms with Gasteiger partial charge < -0.3 is 0 Å². The highest BCUT2D eigenvalue weighted by Crippen LogP contribution is 2.30. The van der Waals surface area contributed by atoms with Crippen LogP contribution in [0, 0.1) is 5.92 Å². The van der Waals surface area contributed by atoms with Gasteiger partial charge in [0.05, 0.1) is 0 Å². The molecule has 0 radical (unpaired) electrons. The molecular weight excluding hydrogens is 199 g/mol. The van der Waals surface area contributed by atoms with Crippen LogP contribution in [0.15, 0.2) is 0 Å². The van der Waals surface area contributed by atoms with Gasteiger partial charge in [-0.15, -0.1) is 0 Å². The molecule has 0 amide bonds. The van der Waals surface area contributed by atoms with Crippen molar-refractivity contribution in [1.82, 2.24) is 0 Å². The zero-order valence-corrected chi connectivity index (χ0v) is 9.68. The second-order valence-electron chi connectivity index (χ2n) is 4.38. The third kappa shape index (κ3) is 2.86. The Labute approximate surface area is 86.5 Å². The zero-order valence-electron chi connectivity index (χ0n) is 8.78. The molecule has 0 aliphatic heterocycles. The van der Waals surface area contributed by atoms with Crippen molar-refractivity contribution in [2.45, 2.75) is 51.6 Å². The van der Waals surface area contributed by atoms with Gasteiger partial charge in [0.25, 0.3) is 0 Å². The van der Waals surface area contributed by atoms with Crippen LogP contribution in [0.1, 0.15) is 46.0 Å². The molecule has 14 heavy (non-hydrogen) atoms. The first-order valence-corrected chi connectivity index (χ1v) is 5.86. The molecule has 0 atom stereocenters. The molecule has 0 N–H and O–H groups in total. The largest absolute Gasteiger partial charge is 0.328 e. The summed E-state index contributed by atoms with van der Waals surface area (Å²) in [5.41, 5.74) is -0.898. The molecule has 80 valence electrons. The highest BCUT2D eigenvalue weighted by molar-refractivity contribution is 7.17. The van der Waals surface area contributed by atoms with E-state index in [-0.39, 0.29) is 11.7 Å². The summed E-state index contributed by atoms with van der Waals surface area (Å²) in [5.74, 6) is 0.209. The van der Waals surface area contributed by atoms with Crippen molar-refractivity contribution in [1.29, 1.82) is 0 Å². The highest BCUT2D eigenvalue weighted by atomic mass is 31.1. The molecule has 0 saturated heterocycles. The molecule has 1 rings (SSSR count). The van der Waals surface area contributed by atoms with Crippen LogP contribution in [0.4, 0.5) is 0 Å². The van der Waals surface area contributed by atoms with E-state index < -0.39 is 14.3 Å². The van der Waals surface area contributed by atoms with Crippen LogP contribution in [0.25, 0.3) is 0 Å². The summed E-state index contributed by atoms with van der Waals surface area (Å²) in [4.78, 5) is 11.9. The number of Topliss-reactive ketones (excluding diaryl/α,β-unsaturated/α-hetero) is 1. The van der Waals surface area contributed by atoms with Crippen LogP contribution in [-0.4, -0.2) is 11.4 Å². The summed E-state index contributed by atoms with van der Waals surface area (Å²) in [7, 11) is -0.412. The SMILES string of the molecule is CC(C)(OP=O)C(=O)C1CCCCC1. The second kappa shape index (κ2) is 4.99. The van der Waals surface area contributed by atoms with Gasteiger partial charge in [-0.2, -0.15) is 0 Å². The van der Waals surface area contributed by atoms with Crippen molar-refractivity contribution in [2.24, 2.45) is 5.92 Å². The Morgan fingerprint density at radius 1 is 1.29 bits per heavy atom. The van der Waals surface area contributed by atoms with E-state index in [1.165, 1.54) is 6.42 Å². The summed E-state index contributed by atoms with van der Waals surface area (Å²) < 4.78 is 15.2. The summed E-state index contributed by atoms with van der Waals surface area (Å²) in [6.07, 6.45) is 5.40. The van der Waals surface area contributed by atoms with E-state index >= 15 is 0 Å². The molecule has 0 aromatic carbocycles. The predicted octanol–water partition coefficient (Wildman–Crippen LogP) is 3.14. The van der Waals surface area contributed by atoms with Crippen LogP contribution in [0.3, 0.4) is 0 Å². The maximum absolute atomic E-state index is 11.9. The minimum atomic E-state index is -0.898. The second-order valence-corrected chi connectivity index (χ2v) is 4.71. The van der Waals surface area contributed by atoms with Gasteiger partial charge in [0.1, 0.15) is 5.60 Å². The van der Waals surface area contributed by atoms with E-state index in [1.807, 2.05) is 0 Å². The predicted molar refractivity (Wildman–Crippen MR) is 54.4 cm³/mol. The normalized spacial score (nSPS) is 19.9. The lowest BCUT2D eigenvalue weighted by atomic mass is 9.81. The van der Waals surface area contributed by atoms with Crippen molar-refractivity contribution in [3.63, 3.8) is 0 Å². The Bertz CT molecular complexity index is 219. The molecular formula is C10H17O3P. The van der Waals surface area contributed by atoms with Gasteiger partial charge in [0.2, 0.25) is 0 Å². The van der Waals surface area contributed by atoms with Crippen LogP contribution < -0.4 is 0 Å². The van der Waals surface area contributed by atoms with Gasteiger partial charge >= 0.3 is 8.69 Å². The molecule has 0 unspecified atom stereocenters. The fraction of sp³-hybridized carbons (Fsp3) is 0.900. The van der Waals surface area contributed by atoms with E-state index in [1.54, 1.807) is 13.8 Å². The molecule has 3 nitrogen and oxygen atoms in total. The fourth-order valence-electron chi connectivity index (χ4n) is 1.99. The molecule has 0 spiro atoms. The maximum Gasteiger partial charge on any atom is 0.328 e. The minimum Gasteiger partial charge on any atom is -0.296 e. The number of carbonyl (C=O) groups is 1. The van der Waals surface area contributed by atoms with E-state index in [2.05, 4.69) is 0 Å². The lowest BCUT2D eigenvalue weighted by Crippen LogP contribution is -2.38. The first-order chi connectivity index (χ1) is 6.58. The Morgan fingerprint density at radius 3 is 2.36 bits per heavy atom. The van der Waals surface area contributed by atoms with Gasteiger partial charge in [-0.3, -0.25) is 9.32 Å². The molecule has 0 aromatic rings. The average Bonchev–Trinajstić information content (AvgIpc) is 2.18. The number of carbonyl (C=O) groups excluding carboxylic acids is 1. The Hall–Kier alpha value is -0.270. The Balaban J connectivity index is 2.57. The van der Waals surface area contributed by atoms with Gasteiger partial charge in [0, 0.05) is 5.92 Å². The molecule has 0 heterocycles. The monoisotopic (exact) mass is 216 g/mol. The first kappa shape index (κ1) is 11.8. The quantitative estimate of drug-likeness (QED) is 0.678. The average molecular weight is 216 g/mol. The Kier molecular flexibility index (Phi) is 4.21. The third-order valence-electron chi connectivity index (χ3n) is 2.83. The number of hydrogen-bond acceptors (Lipinski definition) is 3. The van der Waals surface area contributed by atoms with Gasteiger partial charge in [-0.25, -0.2) is 4.57 Å². The summed E-state index contributed by atoms with van der Waals surface area (Å²) in [6.45, 7) is 3.38. The number of hydrogen-bond donors (Lipinski definition) is 0. The van der Waals surface area contributed by atoms with E-state index in [0.29, 0.717) is 0 Å². The molecule has 0 aromatic heterocycles. The Morgan fingerprint density at radius 2 is 1.86 bits per heavy atom. The van der Waals surface area contributed by atoms with E-state index in [0.717, 1.165) is 25.7 Å². The lowest BCUT2D eigenvalue weighted by molar-refractivity contribution is -0.136. The van der Waals surface area contributed by atoms with Crippen molar-refractivity contribution in [2.75, 3.05) is 0 Å². The molecule has 1 fully saturated rings. The van der Waals surface area contributed by atoms with Gasteiger partial charge in [-0.05, 0) is 26.7 Å². The topological polar surface area (TPSA) is 43.4 Å². The highest BCUT2D eigenvalue weighted by Gasteiger charge is 2.35. The standard InChI is InChI=1S/C10H17O3P/c1-10(2,13-14-12)9(11)8-6-4-3-5-7-8/h8H,3-7H2,1-2H3. The molecule has 1 aliphatic rings.